The molecular weight excluding hydrogens is 512 g/mol. The molecule has 0 saturated carbocycles. The first kappa shape index (κ1) is 23.1. The molecule has 0 bridgehead atoms. The van der Waals surface area contributed by atoms with Crippen LogP contribution in [0.1, 0.15) is 35.6 Å². The molecular formula is C25H25BrN6O3. The average molecular weight is 537 g/mol. The number of pyridine rings is 1. The summed E-state index contributed by atoms with van der Waals surface area (Å²) in [4.78, 5) is 23.9. The Hall–Kier alpha value is -3.66. The summed E-state index contributed by atoms with van der Waals surface area (Å²) in [6.45, 7) is 1.85. The van der Waals surface area contributed by atoms with Crippen LogP contribution in [0.15, 0.2) is 59.5 Å². The second kappa shape index (κ2) is 9.91. The molecule has 1 aromatic carbocycles. The molecule has 1 amide bonds. The van der Waals surface area contributed by atoms with E-state index in [4.69, 9.17) is 4.98 Å². The Kier molecular flexibility index (Phi) is 6.54. The zero-order valence-corrected chi connectivity index (χ0v) is 20.5. The Balaban J connectivity index is 1.35. The van der Waals surface area contributed by atoms with Crippen LogP contribution in [0, 0.1) is 0 Å². The third kappa shape index (κ3) is 5.07. The maximum atomic E-state index is 13.0. The number of nitrogens with one attached hydrogen (secondary N) is 1. The van der Waals surface area contributed by atoms with E-state index in [1.807, 2.05) is 29.3 Å². The van der Waals surface area contributed by atoms with Crippen LogP contribution in [0.25, 0.3) is 5.65 Å². The van der Waals surface area contributed by atoms with E-state index < -0.39 is 0 Å². The van der Waals surface area contributed by atoms with Gasteiger partial charge in [-0.3, -0.25) is 9.78 Å². The summed E-state index contributed by atoms with van der Waals surface area (Å²) >= 11 is 3.55. The van der Waals surface area contributed by atoms with E-state index in [1.54, 1.807) is 23.0 Å². The van der Waals surface area contributed by atoms with Crippen molar-refractivity contribution < 1.29 is 15.0 Å². The molecule has 9 nitrogen and oxygen atoms in total. The predicted octanol–water partition coefficient (Wildman–Crippen LogP) is 3.86. The maximum Gasteiger partial charge on any atom is 0.227 e. The minimum absolute atomic E-state index is 0.0127. The zero-order chi connectivity index (χ0) is 24.4. The van der Waals surface area contributed by atoms with Crippen LogP contribution in [0.5, 0.6) is 11.5 Å². The molecule has 4 aromatic rings. The van der Waals surface area contributed by atoms with Gasteiger partial charge in [-0.2, -0.15) is 9.61 Å². The Labute approximate surface area is 210 Å². The normalized spacial score (nSPS) is 15.9. The molecule has 4 heterocycles. The van der Waals surface area contributed by atoms with Crippen LogP contribution in [0.4, 0.5) is 5.82 Å². The van der Waals surface area contributed by atoms with E-state index in [9.17, 15) is 15.0 Å². The zero-order valence-electron chi connectivity index (χ0n) is 18.9. The number of rotatable bonds is 6. The number of fused-ring (bicyclic) bond motifs is 1. The Morgan fingerprint density at radius 3 is 2.83 bits per heavy atom. The van der Waals surface area contributed by atoms with Gasteiger partial charge < -0.3 is 20.4 Å². The van der Waals surface area contributed by atoms with Crippen LogP contribution in [0.3, 0.4) is 0 Å². The lowest BCUT2D eigenvalue weighted by atomic mass is 9.94. The minimum atomic E-state index is -0.220. The molecule has 1 unspecified atom stereocenters. The number of likely N-dealkylation sites (tertiary alicyclic amines) is 1. The number of phenolic OH excluding ortho intramolecular Hbond substituents is 2. The van der Waals surface area contributed by atoms with E-state index in [0.29, 0.717) is 25.2 Å². The van der Waals surface area contributed by atoms with Gasteiger partial charge in [-0.25, -0.2) is 4.98 Å². The van der Waals surface area contributed by atoms with Crippen LogP contribution in [-0.2, 0) is 17.8 Å². The highest BCUT2D eigenvalue weighted by Crippen LogP contribution is 2.31. The van der Waals surface area contributed by atoms with E-state index >= 15 is 0 Å². The maximum absolute atomic E-state index is 13.0. The molecule has 35 heavy (non-hydrogen) atoms. The molecule has 5 rings (SSSR count). The summed E-state index contributed by atoms with van der Waals surface area (Å²) in [5.74, 6) is 0.484. The van der Waals surface area contributed by atoms with Gasteiger partial charge in [0.05, 0.1) is 22.8 Å². The molecule has 10 heteroatoms. The number of phenols is 2. The number of halogens is 1. The quantitative estimate of drug-likeness (QED) is 0.320. The molecule has 1 aliphatic rings. The molecule has 1 saturated heterocycles. The van der Waals surface area contributed by atoms with Gasteiger partial charge in [-0.05, 0) is 58.1 Å². The fraction of sp³-hybridized carbons (Fsp3) is 0.280. The molecule has 1 fully saturated rings. The van der Waals surface area contributed by atoms with Crippen molar-refractivity contribution in [3.63, 3.8) is 0 Å². The fourth-order valence-corrected chi connectivity index (χ4v) is 4.74. The van der Waals surface area contributed by atoms with Gasteiger partial charge in [0.1, 0.15) is 5.82 Å². The predicted molar refractivity (Wildman–Crippen MR) is 134 cm³/mol. The number of carbonyl (C=O) groups is 1. The van der Waals surface area contributed by atoms with E-state index in [1.165, 1.54) is 12.1 Å². The van der Waals surface area contributed by atoms with Gasteiger partial charge in [-0.15, -0.1) is 0 Å². The standard InChI is InChI=1S/C25H25BrN6O3/c26-19-14-29-32-23(28-13-17-3-1-7-27-12-17)11-20(30-25(19)32)18-4-2-8-31(15-18)24(35)10-16-5-6-21(33)22(34)9-16/h1,3,5-7,9,11-12,14,18,28,33-34H,2,4,8,10,13,15H2. The molecule has 0 spiro atoms. The van der Waals surface area contributed by atoms with Crippen molar-refractivity contribution in [2.45, 2.75) is 31.7 Å². The third-order valence-electron chi connectivity index (χ3n) is 6.23. The lowest BCUT2D eigenvalue weighted by Gasteiger charge is -2.33. The Bertz CT molecular complexity index is 1360. The van der Waals surface area contributed by atoms with Crippen LogP contribution < -0.4 is 5.32 Å². The molecule has 1 atom stereocenters. The van der Waals surface area contributed by atoms with Gasteiger partial charge in [0, 0.05) is 44.0 Å². The number of benzene rings is 1. The first-order valence-electron chi connectivity index (χ1n) is 11.4. The summed E-state index contributed by atoms with van der Waals surface area (Å²) in [5.41, 5.74) is 3.35. The van der Waals surface area contributed by atoms with Gasteiger partial charge in [0.2, 0.25) is 5.91 Å². The van der Waals surface area contributed by atoms with E-state index in [-0.39, 0.29) is 29.7 Å². The first-order valence-corrected chi connectivity index (χ1v) is 12.2. The lowest BCUT2D eigenvalue weighted by Crippen LogP contribution is -2.40. The number of hydrogen-bond acceptors (Lipinski definition) is 7. The minimum Gasteiger partial charge on any atom is -0.504 e. The monoisotopic (exact) mass is 536 g/mol. The number of aromatic hydroxyl groups is 2. The SMILES string of the molecule is O=C(Cc1ccc(O)c(O)c1)N1CCCC(c2cc(NCc3cccnc3)n3ncc(Br)c3n2)C1. The topological polar surface area (TPSA) is 116 Å². The fourth-order valence-electron chi connectivity index (χ4n) is 4.40. The highest BCUT2D eigenvalue weighted by molar-refractivity contribution is 9.10. The number of aromatic nitrogens is 4. The number of piperidine rings is 1. The summed E-state index contributed by atoms with van der Waals surface area (Å²) in [6.07, 6.45) is 7.27. The largest absolute Gasteiger partial charge is 0.504 e. The van der Waals surface area contributed by atoms with Gasteiger partial charge in [-0.1, -0.05) is 12.1 Å². The summed E-state index contributed by atoms with van der Waals surface area (Å²) < 4.78 is 2.58. The molecule has 0 radical (unpaired) electrons. The Morgan fingerprint density at radius 1 is 1.14 bits per heavy atom. The summed E-state index contributed by atoms with van der Waals surface area (Å²) in [5, 5.41) is 27.2. The van der Waals surface area contributed by atoms with Crippen molar-refractivity contribution in [3.05, 3.63) is 76.3 Å². The molecule has 0 aliphatic carbocycles. The average Bonchev–Trinajstić information content (AvgIpc) is 3.26. The number of anilines is 1. The smallest absolute Gasteiger partial charge is 0.227 e. The van der Waals surface area contributed by atoms with Gasteiger partial charge in [0.25, 0.3) is 0 Å². The van der Waals surface area contributed by atoms with Crippen molar-refractivity contribution in [2.75, 3.05) is 18.4 Å². The van der Waals surface area contributed by atoms with E-state index in [0.717, 1.165) is 40.0 Å². The number of hydrogen-bond donors (Lipinski definition) is 3. The second-order valence-electron chi connectivity index (χ2n) is 8.69. The first-order chi connectivity index (χ1) is 17.0. The highest BCUT2D eigenvalue weighted by atomic mass is 79.9. The second-order valence-corrected chi connectivity index (χ2v) is 9.54. The third-order valence-corrected chi connectivity index (χ3v) is 6.79. The lowest BCUT2D eigenvalue weighted by molar-refractivity contribution is -0.131. The van der Waals surface area contributed by atoms with Crippen molar-refractivity contribution in [2.24, 2.45) is 0 Å². The van der Waals surface area contributed by atoms with Crippen molar-refractivity contribution in [3.8, 4) is 11.5 Å². The van der Waals surface area contributed by atoms with Crippen LogP contribution in [-0.4, -0.2) is 53.7 Å². The van der Waals surface area contributed by atoms with Crippen molar-refractivity contribution in [1.29, 1.82) is 0 Å². The van der Waals surface area contributed by atoms with Crippen LogP contribution >= 0.6 is 15.9 Å². The number of carbonyl (C=O) groups excluding carboxylic acids is 1. The summed E-state index contributed by atoms with van der Waals surface area (Å²) in [6, 6.07) is 10.4. The number of nitrogens with zero attached hydrogens (tertiary/aromatic N) is 5. The highest BCUT2D eigenvalue weighted by Gasteiger charge is 2.27. The van der Waals surface area contributed by atoms with E-state index in [2.05, 4.69) is 31.3 Å². The van der Waals surface area contributed by atoms with Crippen molar-refractivity contribution >= 4 is 33.3 Å². The molecule has 180 valence electrons. The summed E-state index contributed by atoms with van der Waals surface area (Å²) in [7, 11) is 0. The van der Waals surface area contributed by atoms with Gasteiger partial charge in [0.15, 0.2) is 17.1 Å². The van der Waals surface area contributed by atoms with Crippen molar-refractivity contribution in [1.82, 2.24) is 24.5 Å². The molecule has 3 N–H and O–H groups in total. The van der Waals surface area contributed by atoms with Gasteiger partial charge >= 0.3 is 0 Å². The number of amides is 1. The molecule has 1 aliphatic heterocycles. The van der Waals surface area contributed by atoms with Crippen LogP contribution in [0.2, 0.25) is 0 Å². The molecule has 3 aromatic heterocycles. The Morgan fingerprint density at radius 2 is 2.03 bits per heavy atom.